The third kappa shape index (κ3) is 3.74. The summed E-state index contributed by atoms with van der Waals surface area (Å²) in [6.07, 6.45) is 1.70. The van der Waals surface area contributed by atoms with Crippen molar-refractivity contribution in [1.29, 1.82) is 0 Å². The predicted octanol–water partition coefficient (Wildman–Crippen LogP) is 3.02. The summed E-state index contributed by atoms with van der Waals surface area (Å²) < 4.78 is 1.68. The molecule has 0 fully saturated rings. The number of benzene rings is 1. The Morgan fingerprint density at radius 3 is 2.56 bits per heavy atom. The molecule has 3 rings (SSSR count). The minimum absolute atomic E-state index is 0.256. The van der Waals surface area contributed by atoms with Gasteiger partial charge in [-0.1, -0.05) is 37.3 Å². The van der Waals surface area contributed by atoms with Gasteiger partial charge < -0.3 is 5.32 Å². The number of amides is 1. The van der Waals surface area contributed by atoms with Crippen molar-refractivity contribution in [3.05, 3.63) is 71.3 Å². The van der Waals surface area contributed by atoms with Crippen LogP contribution in [0.3, 0.4) is 0 Å². The van der Waals surface area contributed by atoms with Gasteiger partial charge in [0, 0.05) is 6.20 Å². The SMILES string of the molecule is Cc1c(C(=O)NCc2ccccn2)nnn1-c1ccc(C(C)C)cc1. The first-order valence-corrected chi connectivity index (χ1v) is 8.27. The fourth-order valence-corrected chi connectivity index (χ4v) is 2.54. The third-order valence-electron chi connectivity index (χ3n) is 4.07. The zero-order chi connectivity index (χ0) is 17.8. The van der Waals surface area contributed by atoms with Gasteiger partial charge in [0.15, 0.2) is 5.69 Å². The summed E-state index contributed by atoms with van der Waals surface area (Å²) in [5, 5.41) is 11.0. The summed E-state index contributed by atoms with van der Waals surface area (Å²) >= 11 is 0. The molecule has 0 aliphatic heterocycles. The molecule has 128 valence electrons. The lowest BCUT2D eigenvalue weighted by molar-refractivity contribution is 0.0944. The van der Waals surface area contributed by atoms with Crippen molar-refractivity contribution >= 4 is 5.91 Å². The van der Waals surface area contributed by atoms with Crippen LogP contribution in [0.4, 0.5) is 0 Å². The van der Waals surface area contributed by atoms with Gasteiger partial charge in [-0.15, -0.1) is 5.10 Å². The number of nitrogens with zero attached hydrogens (tertiary/aromatic N) is 4. The molecule has 0 saturated carbocycles. The van der Waals surface area contributed by atoms with Crippen molar-refractivity contribution in [3.8, 4) is 5.69 Å². The van der Waals surface area contributed by atoms with E-state index >= 15 is 0 Å². The molecule has 2 aromatic heterocycles. The molecule has 0 radical (unpaired) electrons. The van der Waals surface area contributed by atoms with Crippen LogP contribution in [0.2, 0.25) is 0 Å². The second kappa shape index (κ2) is 7.25. The molecule has 0 spiro atoms. The zero-order valence-electron chi connectivity index (χ0n) is 14.6. The van der Waals surface area contributed by atoms with Crippen LogP contribution >= 0.6 is 0 Å². The summed E-state index contributed by atoms with van der Waals surface area (Å²) in [5.41, 5.74) is 3.97. The maximum absolute atomic E-state index is 12.4. The first kappa shape index (κ1) is 16.8. The van der Waals surface area contributed by atoms with Crippen LogP contribution in [0, 0.1) is 6.92 Å². The number of carbonyl (C=O) groups excluding carboxylic acids is 1. The number of hydrogen-bond acceptors (Lipinski definition) is 4. The van der Waals surface area contributed by atoms with Crippen molar-refractivity contribution in [2.45, 2.75) is 33.2 Å². The summed E-state index contributed by atoms with van der Waals surface area (Å²) in [4.78, 5) is 16.6. The van der Waals surface area contributed by atoms with E-state index in [9.17, 15) is 4.79 Å². The van der Waals surface area contributed by atoms with Gasteiger partial charge >= 0.3 is 0 Å². The summed E-state index contributed by atoms with van der Waals surface area (Å²) in [6.45, 7) is 6.50. The fraction of sp³-hybridized carbons (Fsp3) is 0.263. The van der Waals surface area contributed by atoms with E-state index in [1.165, 1.54) is 5.56 Å². The lowest BCUT2D eigenvalue weighted by Crippen LogP contribution is -2.24. The number of aromatic nitrogens is 4. The minimum Gasteiger partial charge on any atom is -0.345 e. The third-order valence-corrected chi connectivity index (χ3v) is 4.07. The van der Waals surface area contributed by atoms with E-state index in [1.807, 2.05) is 37.3 Å². The molecule has 0 unspecified atom stereocenters. The molecule has 1 N–H and O–H groups in total. The summed E-state index contributed by atoms with van der Waals surface area (Å²) in [5.74, 6) is 0.215. The topological polar surface area (TPSA) is 72.7 Å². The maximum atomic E-state index is 12.4. The Bertz CT molecular complexity index is 853. The quantitative estimate of drug-likeness (QED) is 0.778. The van der Waals surface area contributed by atoms with Crippen molar-refractivity contribution in [2.75, 3.05) is 0 Å². The highest BCUT2D eigenvalue weighted by Gasteiger charge is 2.17. The Morgan fingerprint density at radius 1 is 1.16 bits per heavy atom. The van der Waals surface area contributed by atoms with Crippen molar-refractivity contribution < 1.29 is 4.79 Å². The highest BCUT2D eigenvalue weighted by molar-refractivity contribution is 5.93. The van der Waals surface area contributed by atoms with Gasteiger partial charge in [-0.3, -0.25) is 9.78 Å². The number of hydrogen-bond donors (Lipinski definition) is 1. The van der Waals surface area contributed by atoms with Crippen LogP contribution in [0.5, 0.6) is 0 Å². The molecular weight excluding hydrogens is 314 g/mol. The van der Waals surface area contributed by atoms with E-state index in [1.54, 1.807) is 10.9 Å². The Morgan fingerprint density at radius 2 is 1.92 bits per heavy atom. The summed E-state index contributed by atoms with van der Waals surface area (Å²) in [6, 6.07) is 13.7. The van der Waals surface area contributed by atoms with E-state index < -0.39 is 0 Å². The molecule has 0 atom stereocenters. The number of rotatable bonds is 5. The first-order valence-electron chi connectivity index (χ1n) is 8.27. The van der Waals surface area contributed by atoms with Crippen LogP contribution in [0.1, 0.15) is 47.2 Å². The molecule has 6 heteroatoms. The highest BCUT2D eigenvalue weighted by atomic mass is 16.2. The van der Waals surface area contributed by atoms with Crippen molar-refractivity contribution in [3.63, 3.8) is 0 Å². The first-order chi connectivity index (χ1) is 12.1. The predicted molar refractivity (Wildman–Crippen MR) is 95.6 cm³/mol. The Hall–Kier alpha value is -3.02. The fourth-order valence-electron chi connectivity index (χ4n) is 2.54. The van der Waals surface area contributed by atoms with E-state index in [0.29, 0.717) is 23.9 Å². The van der Waals surface area contributed by atoms with Gasteiger partial charge in [0.05, 0.1) is 23.6 Å². The molecule has 0 aliphatic rings. The average Bonchev–Trinajstić information content (AvgIpc) is 3.02. The van der Waals surface area contributed by atoms with Crippen LogP contribution in [0.15, 0.2) is 48.7 Å². The van der Waals surface area contributed by atoms with Crippen molar-refractivity contribution in [1.82, 2.24) is 25.3 Å². The van der Waals surface area contributed by atoms with Gasteiger partial charge in [0.25, 0.3) is 5.91 Å². The number of nitrogens with one attached hydrogen (secondary N) is 1. The largest absolute Gasteiger partial charge is 0.345 e. The van der Waals surface area contributed by atoms with Crippen LogP contribution in [-0.4, -0.2) is 25.9 Å². The molecule has 2 heterocycles. The van der Waals surface area contributed by atoms with Crippen LogP contribution in [0.25, 0.3) is 5.69 Å². The van der Waals surface area contributed by atoms with E-state index in [2.05, 4.69) is 46.6 Å². The average molecular weight is 335 g/mol. The smallest absolute Gasteiger partial charge is 0.274 e. The minimum atomic E-state index is -0.256. The van der Waals surface area contributed by atoms with Crippen LogP contribution in [-0.2, 0) is 6.54 Å². The van der Waals surface area contributed by atoms with Gasteiger partial charge in [0.2, 0.25) is 0 Å². The molecule has 1 aromatic carbocycles. The Kier molecular flexibility index (Phi) is 4.88. The van der Waals surface area contributed by atoms with Crippen LogP contribution < -0.4 is 5.32 Å². The second-order valence-electron chi connectivity index (χ2n) is 6.19. The lowest BCUT2D eigenvalue weighted by atomic mass is 10.0. The molecule has 0 bridgehead atoms. The number of pyridine rings is 1. The van der Waals surface area contributed by atoms with Gasteiger partial charge in [-0.2, -0.15) is 0 Å². The van der Waals surface area contributed by atoms with E-state index in [4.69, 9.17) is 0 Å². The monoisotopic (exact) mass is 335 g/mol. The van der Waals surface area contributed by atoms with E-state index in [-0.39, 0.29) is 5.91 Å². The lowest BCUT2D eigenvalue weighted by Gasteiger charge is -2.08. The van der Waals surface area contributed by atoms with Crippen molar-refractivity contribution in [2.24, 2.45) is 0 Å². The molecule has 0 saturated heterocycles. The van der Waals surface area contributed by atoms with E-state index in [0.717, 1.165) is 11.4 Å². The molecule has 25 heavy (non-hydrogen) atoms. The molecule has 0 aliphatic carbocycles. The molecule has 3 aromatic rings. The standard InChI is InChI=1S/C19H21N5O/c1-13(2)15-7-9-17(10-8-15)24-14(3)18(22-23-24)19(25)21-12-16-6-4-5-11-20-16/h4-11,13H,12H2,1-3H3,(H,21,25). The number of carbonyl (C=O) groups is 1. The Labute approximate surface area is 146 Å². The van der Waals surface area contributed by atoms with Gasteiger partial charge in [0.1, 0.15) is 0 Å². The molecular formula is C19H21N5O. The Balaban J connectivity index is 1.75. The van der Waals surface area contributed by atoms with Gasteiger partial charge in [-0.05, 0) is 42.7 Å². The maximum Gasteiger partial charge on any atom is 0.274 e. The molecule has 1 amide bonds. The summed E-state index contributed by atoms with van der Waals surface area (Å²) in [7, 11) is 0. The second-order valence-corrected chi connectivity index (χ2v) is 6.19. The normalized spacial score (nSPS) is 10.9. The zero-order valence-corrected chi connectivity index (χ0v) is 14.6. The molecule has 6 nitrogen and oxygen atoms in total. The van der Waals surface area contributed by atoms with Gasteiger partial charge in [-0.25, -0.2) is 4.68 Å². The highest BCUT2D eigenvalue weighted by Crippen LogP contribution is 2.18.